The van der Waals surface area contributed by atoms with Crippen LogP contribution in [0.25, 0.3) is 0 Å². The van der Waals surface area contributed by atoms with Crippen LogP contribution in [0.4, 0.5) is 0 Å². The van der Waals surface area contributed by atoms with Crippen LogP contribution in [0.1, 0.15) is 48.8 Å². The van der Waals surface area contributed by atoms with E-state index in [2.05, 4.69) is 16.7 Å². The monoisotopic (exact) mass is 554 g/mol. The smallest absolute Gasteiger partial charge is 0.298 e. The molecule has 2 N–H and O–H groups in total. The number of likely N-dealkylation sites (tertiary alicyclic amines) is 1. The number of aromatic hydroxyl groups is 1. The van der Waals surface area contributed by atoms with Gasteiger partial charge in [-0.05, 0) is 86.9 Å². The van der Waals surface area contributed by atoms with Crippen molar-refractivity contribution in [2.24, 2.45) is 5.92 Å². The highest BCUT2D eigenvalue weighted by molar-refractivity contribution is 6.30. The molecule has 0 aromatic heterocycles. The number of amides is 1. The van der Waals surface area contributed by atoms with E-state index in [1.807, 2.05) is 6.07 Å². The number of rotatable bonds is 3. The lowest BCUT2D eigenvalue weighted by atomic mass is 9.48. The summed E-state index contributed by atoms with van der Waals surface area (Å²) < 4.78 is 6.58. The van der Waals surface area contributed by atoms with Crippen LogP contribution >= 0.6 is 24.0 Å². The molecule has 5 atom stereocenters. The van der Waals surface area contributed by atoms with Crippen LogP contribution in [-0.2, 0) is 16.6 Å². The third-order valence-corrected chi connectivity index (χ3v) is 9.96. The van der Waals surface area contributed by atoms with Gasteiger partial charge in [0.15, 0.2) is 11.5 Å². The van der Waals surface area contributed by atoms with Crippen molar-refractivity contribution in [2.45, 2.75) is 67.7 Å². The normalized spacial score (nSPS) is 32.2. The molecule has 1 amide bonds. The van der Waals surface area contributed by atoms with Crippen LogP contribution < -0.4 is 4.74 Å². The van der Waals surface area contributed by atoms with E-state index in [4.69, 9.17) is 16.3 Å². The molecule has 8 heteroatoms. The molecule has 200 valence electrons. The van der Waals surface area contributed by atoms with E-state index < -0.39 is 17.1 Å². The Labute approximate surface area is 234 Å². The number of phenolic OH excluding ortho intramolecular Hbond substituents is 1. The quantitative estimate of drug-likeness (QED) is 0.563. The van der Waals surface area contributed by atoms with Gasteiger partial charge in [0.25, 0.3) is 5.91 Å². The van der Waals surface area contributed by atoms with Crippen LogP contribution in [-0.4, -0.2) is 69.8 Å². The molecule has 1 saturated heterocycles. The summed E-state index contributed by atoms with van der Waals surface area (Å²) in [6.07, 6.45) is 4.82. The van der Waals surface area contributed by atoms with Crippen molar-refractivity contribution in [1.82, 2.24) is 9.80 Å². The first-order valence-corrected chi connectivity index (χ1v) is 13.7. The number of aliphatic hydroxyl groups is 1. The summed E-state index contributed by atoms with van der Waals surface area (Å²) in [6.45, 7) is 1.93. The number of carbonyl (C=O) groups excluding carboxylic acids is 1. The SMILES string of the molecule is CN(C(=O)C#Cc1ccc(Cl)cc1)[C@H]1CC[C@@]2(O)[C@H]3Cc4ccc(O)c5c4[C@@]2(CCN3CC2CC2)[C@H]1O5.Cl. The molecule has 2 aromatic carbocycles. The minimum Gasteiger partial charge on any atom is -0.504 e. The molecule has 2 aromatic rings. The van der Waals surface area contributed by atoms with Crippen molar-refractivity contribution in [3.63, 3.8) is 0 Å². The summed E-state index contributed by atoms with van der Waals surface area (Å²) in [5, 5.41) is 24.0. The summed E-state index contributed by atoms with van der Waals surface area (Å²) in [5.41, 5.74) is 1.23. The highest BCUT2D eigenvalue weighted by atomic mass is 35.5. The third kappa shape index (κ3) is 3.59. The first-order valence-electron chi connectivity index (χ1n) is 13.3. The van der Waals surface area contributed by atoms with E-state index in [0.717, 1.165) is 48.5 Å². The fraction of sp³-hybridized carbons (Fsp3) is 0.500. The minimum atomic E-state index is -0.966. The van der Waals surface area contributed by atoms with Gasteiger partial charge in [0.05, 0.1) is 17.1 Å². The molecular formula is C30H32Cl2N2O4. The maximum atomic E-state index is 13.3. The molecule has 5 aliphatic rings. The van der Waals surface area contributed by atoms with Gasteiger partial charge < -0.3 is 19.8 Å². The maximum Gasteiger partial charge on any atom is 0.298 e. The van der Waals surface area contributed by atoms with Crippen molar-refractivity contribution < 1.29 is 19.7 Å². The van der Waals surface area contributed by atoms with Crippen LogP contribution in [0.2, 0.25) is 5.02 Å². The van der Waals surface area contributed by atoms with Gasteiger partial charge in [-0.15, -0.1) is 12.4 Å². The van der Waals surface area contributed by atoms with Gasteiger partial charge in [0, 0.05) is 41.7 Å². The number of carbonyl (C=O) groups is 1. The number of benzene rings is 2. The van der Waals surface area contributed by atoms with Crippen molar-refractivity contribution in [3.05, 3.63) is 58.1 Å². The maximum absolute atomic E-state index is 13.3. The van der Waals surface area contributed by atoms with Crippen molar-refractivity contribution in [3.8, 4) is 23.3 Å². The second-order valence-corrected chi connectivity index (χ2v) is 12.0. The van der Waals surface area contributed by atoms with Crippen LogP contribution in [0.15, 0.2) is 36.4 Å². The Hall–Kier alpha value is -2.43. The summed E-state index contributed by atoms with van der Waals surface area (Å²) in [5.74, 6) is 6.79. The van der Waals surface area contributed by atoms with Gasteiger partial charge in [0.2, 0.25) is 0 Å². The molecule has 2 saturated carbocycles. The highest BCUT2D eigenvalue weighted by Gasteiger charge is 2.73. The van der Waals surface area contributed by atoms with Gasteiger partial charge in [-0.25, -0.2) is 0 Å². The molecular weight excluding hydrogens is 523 g/mol. The predicted molar refractivity (Wildman–Crippen MR) is 147 cm³/mol. The lowest BCUT2D eigenvalue weighted by molar-refractivity contribution is -0.199. The lowest BCUT2D eigenvalue weighted by Crippen LogP contribution is -2.78. The number of hydrogen-bond acceptors (Lipinski definition) is 5. The Kier molecular flexibility index (Phi) is 6.16. The number of hydrogen-bond donors (Lipinski definition) is 2. The van der Waals surface area contributed by atoms with E-state index in [9.17, 15) is 15.0 Å². The molecule has 6 nitrogen and oxygen atoms in total. The summed E-state index contributed by atoms with van der Waals surface area (Å²) in [7, 11) is 1.78. The summed E-state index contributed by atoms with van der Waals surface area (Å²) in [6, 6.07) is 10.6. The average molecular weight is 556 g/mol. The Morgan fingerprint density at radius 2 is 1.95 bits per heavy atom. The Morgan fingerprint density at radius 3 is 2.68 bits per heavy atom. The van der Waals surface area contributed by atoms with Crippen molar-refractivity contribution >= 4 is 29.9 Å². The van der Waals surface area contributed by atoms with Crippen LogP contribution in [0.3, 0.4) is 0 Å². The van der Waals surface area contributed by atoms with E-state index in [0.29, 0.717) is 23.6 Å². The van der Waals surface area contributed by atoms with E-state index >= 15 is 0 Å². The summed E-state index contributed by atoms with van der Waals surface area (Å²) in [4.78, 5) is 17.5. The number of likely N-dealkylation sites (N-methyl/N-ethyl adjacent to an activating group) is 1. The number of ether oxygens (including phenoxy) is 1. The molecule has 2 bridgehead atoms. The molecule has 2 heterocycles. The zero-order chi connectivity index (χ0) is 25.5. The molecule has 1 spiro atoms. The topological polar surface area (TPSA) is 73.2 Å². The Morgan fingerprint density at radius 1 is 1.18 bits per heavy atom. The van der Waals surface area contributed by atoms with E-state index in [1.54, 1.807) is 42.3 Å². The predicted octanol–water partition coefficient (Wildman–Crippen LogP) is 3.91. The van der Waals surface area contributed by atoms with Gasteiger partial charge in [-0.1, -0.05) is 23.6 Å². The zero-order valence-corrected chi connectivity index (χ0v) is 22.9. The fourth-order valence-corrected chi connectivity index (χ4v) is 7.88. The van der Waals surface area contributed by atoms with Gasteiger partial charge in [-0.2, -0.15) is 0 Å². The molecule has 3 aliphatic carbocycles. The minimum absolute atomic E-state index is 0. The van der Waals surface area contributed by atoms with Crippen molar-refractivity contribution in [2.75, 3.05) is 20.1 Å². The third-order valence-electron chi connectivity index (χ3n) is 9.71. The highest BCUT2D eigenvalue weighted by Crippen LogP contribution is 2.66. The number of piperidine rings is 1. The fourth-order valence-electron chi connectivity index (χ4n) is 7.75. The zero-order valence-electron chi connectivity index (χ0n) is 21.3. The molecule has 2 aliphatic heterocycles. The molecule has 0 unspecified atom stereocenters. The van der Waals surface area contributed by atoms with Crippen LogP contribution in [0.5, 0.6) is 11.5 Å². The number of nitrogens with zero attached hydrogens (tertiary/aromatic N) is 2. The standard InChI is InChI=1S/C30H31ClN2O4.ClH/c1-32(25(35)11-6-18-4-8-21(31)9-5-18)22-12-13-30(36)24-16-20-7-10-23(34)27-26(20)29(30,28(22)37-27)14-15-33(24)17-19-2-3-19;/h4-5,7-10,19,22,24,28,34,36H,2-3,12-17H2,1H3;1H/t22-,24+,28-,29-,30+;/m0./s1. The van der Waals surface area contributed by atoms with Gasteiger partial charge >= 0.3 is 0 Å². The van der Waals surface area contributed by atoms with Gasteiger partial charge in [0.1, 0.15) is 6.10 Å². The second kappa shape index (κ2) is 9.06. The van der Waals surface area contributed by atoms with Crippen LogP contribution in [0, 0.1) is 17.8 Å². The molecule has 0 radical (unpaired) electrons. The van der Waals surface area contributed by atoms with E-state index in [-0.39, 0.29) is 36.1 Å². The summed E-state index contributed by atoms with van der Waals surface area (Å²) >= 11 is 5.97. The first-order chi connectivity index (χ1) is 17.8. The van der Waals surface area contributed by atoms with Crippen molar-refractivity contribution in [1.29, 1.82) is 0 Å². The largest absolute Gasteiger partial charge is 0.504 e. The first kappa shape index (κ1) is 25.8. The molecule has 7 rings (SSSR count). The second-order valence-electron chi connectivity index (χ2n) is 11.6. The number of halogens is 2. The molecule has 38 heavy (non-hydrogen) atoms. The van der Waals surface area contributed by atoms with E-state index in [1.165, 1.54) is 12.8 Å². The Balaban J connectivity index is 0.00000264. The number of phenols is 1. The lowest BCUT2D eigenvalue weighted by Gasteiger charge is -2.64. The molecule has 3 fully saturated rings. The average Bonchev–Trinajstić information content (AvgIpc) is 3.63. The Bertz CT molecular complexity index is 1350. The van der Waals surface area contributed by atoms with Gasteiger partial charge in [-0.3, -0.25) is 9.69 Å².